The number of nitro benzene ring substituents is 1. The van der Waals surface area contributed by atoms with Gasteiger partial charge in [-0.3, -0.25) is 14.9 Å². The van der Waals surface area contributed by atoms with Crippen molar-refractivity contribution < 1.29 is 19.2 Å². The highest BCUT2D eigenvalue weighted by Crippen LogP contribution is 2.29. The minimum Gasteiger partial charge on any atom is -0.497 e. The number of amides is 1. The van der Waals surface area contributed by atoms with Crippen LogP contribution in [0, 0.1) is 10.1 Å². The lowest BCUT2D eigenvalue weighted by Crippen LogP contribution is -2.19. The highest BCUT2D eigenvalue weighted by atomic mass is 32.2. The second kappa shape index (κ2) is 10.0. The second-order valence-electron chi connectivity index (χ2n) is 6.96. The van der Waals surface area contributed by atoms with Gasteiger partial charge in [0.15, 0.2) is 5.17 Å². The maximum atomic E-state index is 12.3. The number of hydrogen-bond acceptors (Lipinski definition) is 7. The Morgan fingerprint density at radius 2 is 1.67 bits per heavy atom. The molecule has 1 fully saturated rings. The number of thioether (sulfide) groups is 1. The zero-order valence-corrected chi connectivity index (χ0v) is 18.4. The molecule has 9 heteroatoms. The predicted octanol–water partition coefficient (Wildman–Crippen LogP) is 5.07. The number of carbonyl (C=O) groups is 1. The van der Waals surface area contributed by atoms with Crippen LogP contribution >= 0.6 is 11.8 Å². The number of rotatable bonds is 7. The van der Waals surface area contributed by atoms with Gasteiger partial charge in [0.1, 0.15) is 18.1 Å². The third-order valence-corrected chi connectivity index (χ3v) is 5.59. The molecule has 0 saturated carbocycles. The molecule has 1 aliphatic rings. The number of nitro groups is 1. The van der Waals surface area contributed by atoms with E-state index in [0.717, 1.165) is 22.6 Å². The molecule has 1 N–H and O–H groups in total. The summed E-state index contributed by atoms with van der Waals surface area (Å²) in [6.07, 6.45) is 1.79. The minimum absolute atomic E-state index is 0.0437. The molecule has 0 bridgehead atoms. The molecule has 1 saturated heterocycles. The van der Waals surface area contributed by atoms with Crippen LogP contribution in [0.15, 0.2) is 82.7 Å². The molecule has 0 spiro atoms. The van der Waals surface area contributed by atoms with E-state index >= 15 is 0 Å². The molecule has 1 aliphatic heterocycles. The molecule has 0 aliphatic carbocycles. The smallest absolute Gasteiger partial charge is 0.269 e. The zero-order valence-electron chi connectivity index (χ0n) is 17.6. The summed E-state index contributed by atoms with van der Waals surface area (Å²) in [5.41, 5.74) is 2.44. The van der Waals surface area contributed by atoms with Crippen molar-refractivity contribution in [3.63, 3.8) is 0 Å². The van der Waals surface area contributed by atoms with Gasteiger partial charge in [0.2, 0.25) is 0 Å². The van der Waals surface area contributed by atoms with Crippen LogP contribution in [-0.4, -0.2) is 23.1 Å². The fourth-order valence-corrected chi connectivity index (χ4v) is 3.79. The van der Waals surface area contributed by atoms with Crippen molar-refractivity contribution >= 4 is 40.3 Å². The Hall–Kier alpha value is -4.11. The van der Waals surface area contributed by atoms with Crippen molar-refractivity contribution in [2.45, 2.75) is 6.61 Å². The van der Waals surface area contributed by atoms with E-state index in [4.69, 9.17) is 9.47 Å². The lowest BCUT2D eigenvalue weighted by atomic mass is 10.2. The number of nitrogens with one attached hydrogen (secondary N) is 1. The molecule has 3 aromatic rings. The quantitative estimate of drug-likeness (QED) is 0.299. The zero-order chi connectivity index (χ0) is 23.2. The maximum Gasteiger partial charge on any atom is 0.269 e. The van der Waals surface area contributed by atoms with E-state index in [0.29, 0.717) is 22.4 Å². The van der Waals surface area contributed by atoms with Crippen LogP contribution in [0.4, 0.5) is 11.4 Å². The van der Waals surface area contributed by atoms with Gasteiger partial charge in [-0.15, -0.1) is 0 Å². The molecule has 0 atom stereocenters. The molecule has 8 nitrogen and oxygen atoms in total. The molecular weight excluding hydrogens is 442 g/mol. The Labute approximate surface area is 194 Å². The average Bonchev–Trinajstić information content (AvgIpc) is 3.17. The summed E-state index contributed by atoms with van der Waals surface area (Å²) in [7, 11) is 1.60. The number of benzene rings is 3. The molecule has 166 valence electrons. The van der Waals surface area contributed by atoms with Gasteiger partial charge in [-0.1, -0.05) is 12.1 Å². The van der Waals surface area contributed by atoms with Gasteiger partial charge < -0.3 is 14.8 Å². The standard InChI is InChI=1S/C24H19N3O5S/c1-31-20-12-6-18(7-13-20)25-24-26-23(28)22(33-24)14-16-4-10-21(11-5-16)32-15-17-2-8-19(9-3-17)27(29)30/h2-14H,15H2,1H3,(H,25,26,28)/b22-14-. The molecule has 0 aromatic heterocycles. The van der Waals surface area contributed by atoms with Gasteiger partial charge in [0, 0.05) is 12.1 Å². The SMILES string of the molecule is COc1ccc(N=C2NC(=O)/C(=C/c3ccc(OCc4ccc([N+](=O)[O-])cc4)cc3)S2)cc1. The fraction of sp³-hybridized carbons (Fsp3) is 0.0833. The first-order valence-electron chi connectivity index (χ1n) is 9.90. The highest BCUT2D eigenvalue weighted by molar-refractivity contribution is 8.18. The average molecular weight is 461 g/mol. The van der Waals surface area contributed by atoms with E-state index in [9.17, 15) is 14.9 Å². The summed E-state index contributed by atoms with van der Waals surface area (Å²) < 4.78 is 10.9. The first-order chi connectivity index (χ1) is 16.0. The minimum atomic E-state index is -0.436. The largest absolute Gasteiger partial charge is 0.497 e. The van der Waals surface area contributed by atoms with Crippen LogP contribution in [0.25, 0.3) is 6.08 Å². The fourth-order valence-electron chi connectivity index (χ4n) is 2.95. The molecule has 1 heterocycles. The van der Waals surface area contributed by atoms with Crippen LogP contribution < -0.4 is 14.8 Å². The summed E-state index contributed by atoms with van der Waals surface area (Å²) >= 11 is 1.27. The second-order valence-corrected chi connectivity index (χ2v) is 7.99. The lowest BCUT2D eigenvalue weighted by Gasteiger charge is -2.06. The van der Waals surface area contributed by atoms with E-state index < -0.39 is 4.92 Å². The van der Waals surface area contributed by atoms with Crippen molar-refractivity contribution in [1.82, 2.24) is 5.32 Å². The van der Waals surface area contributed by atoms with Gasteiger partial charge in [0.05, 0.1) is 22.6 Å². The number of aliphatic imine (C=N–C) groups is 1. The van der Waals surface area contributed by atoms with Crippen molar-refractivity contribution in [2.24, 2.45) is 4.99 Å². The topological polar surface area (TPSA) is 103 Å². The van der Waals surface area contributed by atoms with E-state index in [1.807, 2.05) is 48.5 Å². The summed E-state index contributed by atoms with van der Waals surface area (Å²) in [6.45, 7) is 0.294. The van der Waals surface area contributed by atoms with Crippen LogP contribution in [0.3, 0.4) is 0 Å². The summed E-state index contributed by atoms with van der Waals surface area (Å²) in [5.74, 6) is 1.19. The van der Waals surface area contributed by atoms with Crippen molar-refractivity contribution in [3.8, 4) is 11.5 Å². The van der Waals surface area contributed by atoms with Gasteiger partial charge in [-0.25, -0.2) is 4.99 Å². The third kappa shape index (κ3) is 5.78. The van der Waals surface area contributed by atoms with Crippen LogP contribution in [-0.2, 0) is 11.4 Å². The molecule has 1 amide bonds. The number of nitrogens with zero attached hydrogens (tertiary/aromatic N) is 2. The molecule has 3 aromatic carbocycles. The third-order valence-electron chi connectivity index (χ3n) is 4.68. The van der Waals surface area contributed by atoms with E-state index in [2.05, 4.69) is 10.3 Å². The molecular formula is C24H19N3O5S. The first kappa shape index (κ1) is 22.1. The van der Waals surface area contributed by atoms with Crippen molar-refractivity contribution in [2.75, 3.05) is 7.11 Å². The van der Waals surface area contributed by atoms with Gasteiger partial charge in [0.25, 0.3) is 11.6 Å². The van der Waals surface area contributed by atoms with Crippen molar-refractivity contribution in [3.05, 3.63) is 98.9 Å². The Balaban J connectivity index is 1.37. The normalized spacial score (nSPS) is 15.5. The van der Waals surface area contributed by atoms with Gasteiger partial charge in [-0.05, 0) is 77.5 Å². The molecule has 0 radical (unpaired) electrons. The number of non-ortho nitro benzene ring substituents is 1. The van der Waals surface area contributed by atoms with Gasteiger partial charge in [-0.2, -0.15) is 0 Å². The van der Waals surface area contributed by atoms with Crippen LogP contribution in [0.1, 0.15) is 11.1 Å². The van der Waals surface area contributed by atoms with E-state index in [1.54, 1.807) is 25.3 Å². The lowest BCUT2D eigenvalue weighted by molar-refractivity contribution is -0.384. The van der Waals surface area contributed by atoms with E-state index in [1.165, 1.54) is 23.9 Å². The van der Waals surface area contributed by atoms with Crippen LogP contribution in [0.5, 0.6) is 11.5 Å². The predicted molar refractivity (Wildman–Crippen MR) is 128 cm³/mol. The Bertz CT molecular complexity index is 1220. The number of ether oxygens (including phenoxy) is 2. The highest BCUT2D eigenvalue weighted by Gasteiger charge is 2.23. The first-order valence-corrected chi connectivity index (χ1v) is 10.7. The number of carbonyl (C=O) groups excluding carboxylic acids is 1. The number of amidine groups is 1. The van der Waals surface area contributed by atoms with E-state index in [-0.39, 0.29) is 11.6 Å². The summed E-state index contributed by atoms with van der Waals surface area (Å²) in [5, 5.41) is 14.0. The van der Waals surface area contributed by atoms with Gasteiger partial charge >= 0.3 is 0 Å². The summed E-state index contributed by atoms with van der Waals surface area (Å²) in [6, 6.07) is 20.8. The Kier molecular flexibility index (Phi) is 6.70. The molecule has 33 heavy (non-hydrogen) atoms. The Morgan fingerprint density at radius 1 is 1.00 bits per heavy atom. The van der Waals surface area contributed by atoms with Crippen molar-refractivity contribution in [1.29, 1.82) is 0 Å². The number of methoxy groups -OCH3 is 1. The monoisotopic (exact) mass is 461 g/mol. The van der Waals surface area contributed by atoms with Crippen LogP contribution in [0.2, 0.25) is 0 Å². The maximum absolute atomic E-state index is 12.3. The Morgan fingerprint density at radius 3 is 2.30 bits per heavy atom. The number of hydrogen-bond donors (Lipinski definition) is 1. The molecule has 0 unspecified atom stereocenters. The summed E-state index contributed by atoms with van der Waals surface area (Å²) in [4.78, 5) is 27.6. The molecule has 4 rings (SSSR count).